The fourth-order valence-electron chi connectivity index (χ4n) is 1.74. The van der Waals surface area contributed by atoms with Crippen LogP contribution in [0.2, 0.25) is 5.02 Å². The number of aliphatic hydroxyl groups excluding tert-OH is 1. The van der Waals surface area contributed by atoms with Gasteiger partial charge in [0, 0.05) is 11.6 Å². The Morgan fingerprint density at radius 3 is 3.06 bits per heavy atom. The molecule has 1 N–H and O–H groups in total. The zero-order valence-corrected chi connectivity index (χ0v) is 10.3. The lowest BCUT2D eigenvalue weighted by Crippen LogP contribution is -2.40. The lowest BCUT2D eigenvalue weighted by atomic mass is 10.2. The third kappa shape index (κ3) is 2.70. The van der Waals surface area contributed by atoms with Crippen molar-refractivity contribution >= 4 is 23.2 Å². The summed E-state index contributed by atoms with van der Waals surface area (Å²) in [6, 6.07) is 5.18. The molecule has 0 spiro atoms. The van der Waals surface area contributed by atoms with Gasteiger partial charge in [-0.15, -0.1) is 0 Å². The summed E-state index contributed by atoms with van der Waals surface area (Å²) in [6.07, 6.45) is 0.0887. The van der Waals surface area contributed by atoms with Crippen molar-refractivity contribution in [2.75, 3.05) is 18.1 Å². The maximum absolute atomic E-state index is 11.8. The maximum Gasteiger partial charge on any atom is 0.265 e. The molecule has 4 nitrogen and oxygen atoms in total. The van der Waals surface area contributed by atoms with Gasteiger partial charge in [0.1, 0.15) is 5.75 Å². The summed E-state index contributed by atoms with van der Waals surface area (Å²) in [5, 5.41) is 9.84. The molecule has 1 aromatic carbocycles. The van der Waals surface area contributed by atoms with Crippen LogP contribution in [0.5, 0.6) is 5.75 Å². The van der Waals surface area contributed by atoms with Gasteiger partial charge in [0.25, 0.3) is 5.91 Å². The highest BCUT2D eigenvalue weighted by atomic mass is 35.5. The SMILES string of the molecule is CC(O)CCN1C(=O)COc2ccc(Cl)cc21. The standard InChI is InChI=1S/C12H14ClNO3/c1-8(15)4-5-14-10-6-9(13)2-3-11(10)17-7-12(14)16/h2-3,6,8,15H,4-5,7H2,1H3. The van der Waals surface area contributed by atoms with Crippen LogP contribution in [0.25, 0.3) is 0 Å². The van der Waals surface area contributed by atoms with Crippen molar-refractivity contribution in [2.24, 2.45) is 0 Å². The quantitative estimate of drug-likeness (QED) is 0.897. The molecule has 0 aliphatic carbocycles. The van der Waals surface area contributed by atoms with Crippen LogP contribution in [-0.4, -0.2) is 30.3 Å². The minimum atomic E-state index is -0.437. The zero-order valence-electron chi connectivity index (χ0n) is 9.52. The number of halogens is 1. The molecule has 1 aliphatic heterocycles. The highest BCUT2D eigenvalue weighted by Crippen LogP contribution is 2.34. The summed E-state index contributed by atoms with van der Waals surface area (Å²) >= 11 is 5.91. The molecule has 0 bridgehead atoms. The lowest BCUT2D eigenvalue weighted by Gasteiger charge is -2.29. The van der Waals surface area contributed by atoms with Gasteiger partial charge >= 0.3 is 0 Å². The van der Waals surface area contributed by atoms with Crippen molar-refractivity contribution in [1.29, 1.82) is 0 Å². The molecule has 0 saturated heterocycles. The Hall–Kier alpha value is -1.26. The molecule has 1 aromatic rings. The zero-order chi connectivity index (χ0) is 12.4. The first-order chi connectivity index (χ1) is 8.08. The smallest absolute Gasteiger partial charge is 0.265 e. The normalized spacial score (nSPS) is 16.4. The molecule has 0 fully saturated rings. The van der Waals surface area contributed by atoms with E-state index in [0.717, 1.165) is 0 Å². The molecular weight excluding hydrogens is 242 g/mol. The van der Waals surface area contributed by atoms with E-state index in [0.29, 0.717) is 29.4 Å². The van der Waals surface area contributed by atoms with Crippen LogP contribution in [0.4, 0.5) is 5.69 Å². The number of anilines is 1. The number of fused-ring (bicyclic) bond motifs is 1. The van der Waals surface area contributed by atoms with Crippen molar-refractivity contribution in [1.82, 2.24) is 0 Å². The summed E-state index contributed by atoms with van der Waals surface area (Å²) in [5.74, 6) is 0.542. The minimum absolute atomic E-state index is 0.0362. The average molecular weight is 256 g/mol. The molecule has 1 unspecified atom stereocenters. The van der Waals surface area contributed by atoms with E-state index in [1.807, 2.05) is 0 Å². The number of aliphatic hydroxyl groups is 1. The number of carbonyl (C=O) groups excluding carboxylic acids is 1. The molecule has 5 heteroatoms. The molecule has 1 heterocycles. The molecule has 2 rings (SSSR count). The first-order valence-electron chi connectivity index (χ1n) is 5.48. The number of amides is 1. The van der Waals surface area contributed by atoms with Crippen LogP contribution in [-0.2, 0) is 4.79 Å². The monoisotopic (exact) mass is 255 g/mol. The van der Waals surface area contributed by atoms with Gasteiger partial charge < -0.3 is 14.7 Å². The summed E-state index contributed by atoms with van der Waals surface area (Å²) in [4.78, 5) is 13.4. The van der Waals surface area contributed by atoms with Crippen molar-refractivity contribution in [3.8, 4) is 5.75 Å². The minimum Gasteiger partial charge on any atom is -0.482 e. The molecule has 0 saturated carbocycles. The molecule has 92 valence electrons. The summed E-state index contributed by atoms with van der Waals surface area (Å²) in [5.41, 5.74) is 0.675. The summed E-state index contributed by atoms with van der Waals surface area (Å²) in [6.45, 7) is 2.20. The van der Waals surface area contributed by atoms with Crippen LogP contribution in [0.15, 0.2) is 18.2 Å². The second-order valence-electron chi connectivity index (χ2n) is 4.08. The van der Waals surface area contributed by atoms with Crippen molar-refractivity contribution in [2.45, 2.75) is 19.4 Å². The average Bonchev–Trinajstić information content (AvgIpc) is 2.27. The van der Waals surface area contributed by atoms with E-state index in [1.165, 1.54) is 0 Å². The highest BCUT2D eigenvalue weighted by molar-refractivity contribution is 6.31. The predicted molar refractivity (Wildman–Crippen MR) is 65.6 cm³/mol. The third-order valence-corrected chi connectivity index (χ3v) is 2.87. The Balaban J connectivity index is 2.26. The first-order valence-corrected chi connectivity index (χ1v) is 5.86. The van der Waals surface area contributed by atoms with Gasteiger partial charge in [0.05, 0.1) is 11.8 Å². The fourth-order valence-corrected chi connectivity index (χ4v) is 1.90. The molecule has 0 aromatic heterocycles. The number of carbonyl (C=O) groups is 1. The number of hydrogen-bond acceptors (Lipinski definition) is 3. The van der Waals surface area contributed by atoms with E-state index in [-0.39, 0.29) is 12.5 Å². The Labute approximate surface area is 105 Å². The second kappa shape index (κ2) is 4.94. The van der Waals surface area contributed by atoms with Crippen LogP contribution in [0, 0.1) is 0 Å². The molecular formula is C12H14ClNO3. The Morgan fingerprint density at radius 1 is 1.59 bits per heavy atom. The van der Waals surface area contributed by atoms with Crippen LogP contribution < -0.4 is 9.64 Å². The number of ether oxygens (including phenoxy) is 1. The van der Waals surface area contributed by atoms with E-state index in [9.17, 15) is 9.90 Å². The van der Waals surface area contributed by atoms with Gasteiger partial charge in [-0.25, -0.2) is 0 Å². The Bertz CT molecular complexity index is 434. The maximum atomic E-state index is 11.8. The van der Waals surface area contributed by atoms with Crippen molar-refractivity contribution in [3.63, 3.8) is 0 Å². The highest BCUT2D eigenvalue weighted by Gasteiger charge is 2.25. The number of nitrogens with zero attached hydrogens (tertiary/aromatic N) is 1. The largest absolute Gasteiger partial charge is 0.482 e. The van der Waals surface area contributed by atoms with Gasteiger partial charge in [-0.3, -0.25) is 4.79 Å². The van der Waals surface area contributed by atoms with E-state index >= 15 is 0 Å². The first kappa shape index (κ1) is 12.2. The van der Waals surface area contributed by atoms with E-state index in [1.54, 1.807) is 30.0 Å². The van der Waals surface area contributed by atoms with Crippen molar-refractivity contribution in [3.05, 3.63) is 23.2 Å². The lowest BCUT2D eigenvalue weighted by molar-refractivity contribution is -0.121. The fraction of sp³-hybridized carbons (Fsp3) is 0.417. The molecule has 1 amide bonds. The molecule has 17 heavy (non-hydrogen) atoms. The van der Waals surface area contributed by atoms with Gasteiger partial charge in [0.15, 0.2) is 6.61 Å². The van der Waals surface area contributed by atoms with E-state index < -0.39 is 6.10 Å². The van der Waals surface area contributed by atoms with Gasteiger partial charge in [-0.05, 0) is 31.5 Å². The molecule has 1 atom stereocenters. The van der Waals surface area contributed by atoms with E-state index in [2.05, 4.69) is 0 Å². The number of hydrogen-bond donors (Lipinski definition) is 1. The van der Waals surface area contributed by atoms with Crippen LogP contribution >= 0.6 is 11.6 Å². The number of benzene rings is 1. The number of rotatable bonds is 3. The topological polar surface area (TPSA) is 49.8 Å². The molecule has 0 radical (unpaired) electrons. The van der Waals surface area contributed by atoms with E-state index in [4.69, 9.17) is 16.3 Å². The summed E-state index contributed by atoms with van der Waals surface area (Å²) < 4.78 is 5.32. The Morgan fingerprint density at radius 2 is 2.35 bits per heavy atom. The molecule has 1 aliphatic rings. The van der Waals surface area contributed by atoms with Crippen LogP contribution in [0.3, 0.4) is 0 Å². The van der Waals surface area contributed by atoms with Gasteiger partial charge in [-0.2, -0.15) is 0 Å². The second-order valence-corrected chi connectivity index (χ2v) is 4.52. The predicted octanol–water partition coefficient (Wildman–Crippen LogP) is 1.84. The van der Waals surface area contributed by atoms with Gasteiger partial charge in [0.2, 0.25) is 0 Å². The summed E-state index contributed by atoms with van der Waals surface area (Å²) in [7, 11) is 0. The Kier molecular flexibility index (Phi) is 3.54. The van der Waals surface area contributed by atoms with Gasteiger partial charge in [-0.1, -0.05) is 11.6 Å². The van der Waals surface area contributed by atoms with Crippen LogP contribution in [0.1, 0.15) is 13.3 Å². The third-order valence-electron chi connectivity index (χ3n) is 2.63. The van der Waals surface area contributed by atoms with Crippen molar-refractivity contribution < 1.29 is 14.6 Å².